The fourth-order valence-corrected chi connectivity index (χ4v) is 3.62. The second kappa shape index (κ2) is 7.56. The monoisotopic (exact) mass is 427 g/mol. The predicted molar refractivity (Wildman–Crippen MR) is 97.8 cm³/mol. The van der Waals surface area contributed by atoms with Crippen molar-refractivity contribution >= 4 is 38.9 Å². The highest BCUT2D eigenvalue weighted by molar-refractivity contribution is 7.92. The Hall–Kier alpha value is -2.98. The molecule has 11 heteroatoms. The van der Waals surface area contributed by atoms with Crippen LogP contribution in [0.2, 0.25) is 5.02 Å². The van der Waals surface area contributed by atoms with Crippen LogP contribution in [0, 0.1) is 18.6 Å². The number of hydrogen-bond acceptors (Lipinski definition) is 5. The summed E-state index contributed by atoms with van der Waals surface area (Å²) in [7, 11) is -4.33. The highest BCUT2D eigenvalue weighted by atomic mass is 35.5. The molecule has 7 nitrogen and oxygen atoms in total. The van der Waals surface area contributed by atoms with Crippen LogP contribution >= 0.6 is 11.6 Å². The SMILES string of the molecule is Cc1oncc1C(=O)Nc1ccc(Cl)c(NS(=O)(=O)c2cc(F)cc(F)c2)c1. The Kier molecular flexibility index (Phi) is 5.34. The van der Waals surface area contributed by atoms with Crippen LogP contribution in [0.5, 0.6) is 0 Å². The van der Waals surface area contributed by atoms with Gasteiger partial charge in [0, 0.05) is 11.8 Å². The number of nitrogens with zero attached hydrogens (tertiary/aromatic N) is 1. The fourth-order valence-electron chi connectivity index (χ4n) is 2.28. The number of halogens is 3. The Balaban J connectivity index is 1.87. The summed E-state index contributed by atoms with van der Waals surface area (Å²) in [6.07, 6.45) is 1.24. The van der Waals surface area contributed by atoms with Crippen molar-refractivity contribution in [1.82, 2.24) is 5.16 Å². The lowest BCUT2D eigenvalue weighted by Gasteiger charge is -2.12. The van der Waals surface area contributed by atoms with Crippen LogP contribution in [-0.4, -0.2) is 19.5 Å². The number of nitrogens with one attached hydrogen (secondary N) is 2. The number of anilines is 2. The first-order chi connectivity index (χ1) is 13.2. The molecule has 0 saturated carbocycles. The van der Waals surface area contributed by atoms with E-state index in [4.69, 9.17) is 16.1 Å². The molecular weight excluding hydrogens is 416 g/mol. The summed E-state index contributed by atoms with van der Waals surface area (Å²) in [5.41, 5.74) is 0.330. The van der Waals surface area contributed by atoms with Gasteiger partial charge >= 0.3 is 0 Å². The van der Waals surface area contributed by atoms with Crippen LogP contribution in [-0.2, 0) is 10.0 Å². The van der Waals surface area contributed by atoms with E-state index in [9.17, 15) is 22.0 Å². The molecule has 0 spiro atoms. The first kappa shape index (κ1) is 19.8. The van der Waals surface area contributed by atoms with Gasteiger partial charge in [0.05, 0.1) is 21.8 Å². The summed E-state index contributed by atoms with van der Waals surface area (Å²) in [5.74, 6) is -2.31. The second-order valence-corrected chi connectivity index (χ2v) is 7.74. The number of benzene rings is 2. The normalized spacial score (nSPS) is 11.3. The molecule has 28 heavy (non-hydrogen) atoms. The summed E-state index contributed by atoms with van der Waals surface area (Å²) >= 11 is 6.00. The number of hydrogen-bond donors (Lipinski definition) is 2. The largest absolute Gasteiger partial charge is 0.361 e. The van der Waals surface area contributed by atoms with Gasteiger partial charge in [-0.05, 0) is 37.3 Å². The minimum atomic E-state index is -4.33. The van der Waals surface area contributed by atoms with Gasteiger partial charge in [-0.2, -0.15) is 0 Å². The van der Waals surface area contributed by atoms with Crippen molar-refractivity contribution in [3.05, 3.63) is 70.6 Å². The Labute approximate surface area is 163 Å². The third kappa shape index (κ3) is 4.29. The highest BCUT2D eigenvalue weighted by Crippen LogP contribution is 2.28. The molecule has 0 aliphatic heterocycles. The van der Waals surface area contributed by atoms with Gasteiger partial charge in [-0.3, -0.25) is 9.52 Å². The molecule has 3 aromatic rings. The smallest absolute Gasteiger partial charge is 0.262 e. The molecule has 1 aromatic heterocycles. The number of aromatic nitrogens is 1. The average molecular weight is 428 g/mol. The van der Waals surface area contributed by atoms with Gasteiger partial charge < -0.3 is 9.84 Å². The Morgan fingerprint density at radius 3 is 2.43 bits per heavy atom. The molecule has 146 valence electrons. The topological polar surface area (TPSA) is 101 Å². The summed E-state index contributed by atoms with van der Waals surface area (Å²) in [6, 6.07) is 5.94. The standard InChI is InChI=1S/C17H12ClF2N3O4S/c1-9-14(8-21-27-9)17(24)22-12-2-3-15(18)16(7-12)23-28(25,26)13-5-10(19)4-11(20)6-13/h2-8,23H,1H3,(H,22,24). The number of sulfonamides is 1. The number of rotatable bonds is 5. The lowest BCUT2D eigenvalue weighted by atomic mass is 10.2. The van der Waals surface area contributed by atoms with E-state index in [1.807, 2.05) is 0 Å². The third-order valence-corrected chi connectivity index (χ3v) is 5.28. The predicted octanol–water partition coefficient (Wildman–Crippen LogP) is 3.97. The van der Waals surface area contributed by atoms with Crippen LogP contribution in [0.1, 0.15) is 16.1 Å². The van der Waals surface area contributed by atoms with E-state index >= 15 is 0 Å². The minimum Gasteiger partial charge on any atom is -0.361 e. The summed E-state index contributed by atoms with van der Waals surface area (Å²) in [4.78, 5) is 11.6. The molecule has 3 rings (SSSR count). The van der Waals surface area contributed by atoms with Crippen molar-refractivity contribution in [3.8, 4) is 0 Å². The zero-order chi connectivity index (χ0) is 20.5. The van der Waals surface area contributed by atoms with E-state index < -0.39 is 32.5 Å². The summed E-state index contributed by atoms with van der Waals surface area (Å²) in [5, 5.41) is 6.06. The van der Waals surface area contributed by atoms with Gasteiger partial charge in [0.2, 0.25) is 0 Å². The van der Waals surface area contributed by atoms with Crippen molar-refractivity contribution in [3.63, 3.8) is 0 Å². The van der Waals surface area contributed by atoms with Gasteiger partial charge in [-0.25, -0.2) is 17.2 Å². The fraction of sp³-hybridized carbons (Fsp3) is 0.0588. The maximum Gasteiger partial charge on any atom is 0.262 e. The molecule has 0 unspecified atom stereocenters. The Morgan fingerprint density at radius 2 is 1.82 bits per heavy atom. The van der Waals surface area contributed by atoms with Gasteiger partial charge in [0.15, 0.2) is 0 Å². The van der Waals surface area contributed by atoms with Crippen LogP contribution < -0.4 is 10.0 Å². The number of aryl methyl sites for hydroxylation is 1. The first-order valence-corrected chi connectivity index (χ1v) is 9.53. The lowest BCUT2D eigenvalue weighted by molar-refractivity contribution is 0.102. The number of amides is 1. The maximum atomic E-state index is 13.3. The van der Waals surface area contributed by atoms with Gasteiger partial charge in [0.1, 0.15) is 23.0 Å². The van der Waals surface area contributed by atoms with E-state index in [0.29, 0.717) is 24.0 Å². The molecule has 0 atom stereocenters. The van der Waals surface area contributed by atoms with Crippen LogP contribution in [0.15, 0.2) is 52.0 Å². The minimum absolute atomic E-state index is 0.0135. The quantitative estimate of drug-likeness (QED) is 0.641. The van der Waals surface area contributed by atoms with Crippen molar-refractivity contribution in [1.29, 1.82) is 0 Å². The molecule has 0 fully saturated rings. The molecule has 0 aliphatic rings. The van der Waals surface area contributed by atoms with Gasteiger partial charge in [-0.1, -0.05) is 16.8 Å². The molecule has 2 aromatic carbocycles. The average Bonchev–Trinajstić information content (AvgIpc) is 3.03. The van der Waals surface area contributed by atoms with Gasteiger partial charge in [0.25, 0.3) is 15.9 Å². The first-order valence-electron chi connectivity index (χ1n) is 7.67. The van der Waals surface area contributed by atoms with E-state index in [-0.39, 0.29) is 22.0 Å². The van der Waals surface area contributed by atoms with Crippen LogP contribution in [0.4, 0.5) is 20.2 Å². The zero-order valence-corrected chi connectivity index (χ0v) is 15.7. The Morgan fingerprint density at radius 1 is 1.14 bits per heavy atom. The molecule has 0 aliphatic carbocycles. The maximum absolute atomic E-state index is 13.3. The van der Waals surface area contributed by atoms with Crippen LogP contribution in [0.3, 0.4) is 0 Å². The summed E-state index contributed by atoms with van der Waals surface area (Å²) < 4.78 is 58.4. The van der Waals surface area contributed by atoms with E-state index in [1.54, 1.807) is 6.92 Å². The van der Waals surface area contributed by atoms with Crippen LogP contribution in [0.25, 0.3) is 0 Å². The molecule has 2 N–H and O–H groups in total. The summed E-state index contributed by atoms with van der Waals surface area (Å²) in [6.45, 7) is 1.56. The lowest BCUT2D eigenvalue weighted by Crippen LogP contribution is -2.15. The van der Waals surface area contributed by atoms with E-state index in [0.717, 1.165) is 0 Å². The van der Waals surface area contributed by atoms with Crippen molar-refractivity contribution in [2.24, 2.45) is 0 Å². The van der Waals surface area contributed by atoms with Crippen molar-refractivity contribution < 1.29 is 26.5 Å². The molecule has 1 amide bonds. The molecular formula is C17H12ClF2N3O4S. The molecule has 0 bridgehead atoms. The third-order valence-electron chi connectivity index (χ3n) is 3.61. The Bertz CT molecular complexity index is 1140. The van der Waals surface area contributed by atoms with Crippen molar-refractivity contribution in [2.45, 2.75) is 11.8 Å². The van der Waals surface area contributed by atoms with Crippen molar-refractivity contribution in [2.75, 3.05) is 10.0 Å². The van der Waals surface area contributed by atoms with E-state index in [1.165, 1.54) is 24.4 Å². The zero-order valence-electron chi connectivity index (χ0n) is 14.2. The van der Waals surface area contributed by atoms with Gasteiger partial charge in [-0.15, -0.1) is 0 Å². The molecule has 0 saturated heterocycles. The van der Waals surface area contributed by atoms with E-state index in [2.05, 4.69) is 15.2 Å². The molecule has 1 heterocycles. The molecule has 0 radical (unpaired) electrons. The number of carbonyl (C=O) groups excluding carboxylic acids is 1. The highest BCUT2D eigenvalue weighted by Gasteiger charge is 2.19. The second-order valence-electron chi connectivity index (χ2n) is 5.66. The number of carbonyl (C=O) groups is 1.